The number of hydrogen-bond donors (Lipinski definition) is 0. The van der Waals surface area contributed by atoms with Gasteiger partial charge in [-0.15, -0.1) is 0 Å². The highest BCUT2D eigenvalue weighted by molar-refractivity contribution is 5.94. The van der Waals surface area contributed by atoms with E-state index in [4.69, 9.17) is 14.5 Å². The van der Waals surface area contributed by atoms with Crippen LogP contribution in [-0.2, 0) is 0 Å². The summed E-state index contributed by atoms with van der Waals surface area (Å²) >= 11 is 0. The van der Waals surface area contributed by atoms with Crippen molar-refractivity contribution in [2.75, 3.05) is 13.1 Å². The first-order chi connectivity index (χ1) is 17.2. The summed E-state index contributed by atoms with van der Waals surface area (Å²) in [5.41, 5.74) is 2.41. The zero-order valence-corrected chi connectivity index (χ0v) is 19.4. The molecule has 1 atom stereocenters. The second-order valence-corrected chi connectivity index (χ2v) is 8.40. The molecule has 2 aromatic heterocycles. The first-order valence-electron chi connectivity index (χ1n) is 11.6. The molecule has 0 radical (unpaired) electrons. The number of aromatic nitrogens is 4. The molecule has 1 aliphatic heterocycles. The number of benzene rings is 2. The molecule has 0 saturated carbocycles. The minimum atomic E-state index is -0.0468. The van der Waals surface area contributed by atoms with Gasteiger partial charge in [0.1, 0.15) is 11.5 Å². The molecule has 1 aliphatic rings. The largest absolute Gasteiger partial charge is 0.437 e. The van der Waals surface area contributed by atoms with E-state index in [0.29, 0.717) is 30.3 Å². The number of rotatable bonds is 6. The fourth-order valence-electron chi connectivity index (χ4n) is 4.11. The van der Waals surface area contributed by atoms with E-state index in [9.17, 15) is 4.79 Å². The quantitative estimate of drug-likeness (QED) is 0.386. The maximum Gasteiger partial charge on any atom is 0.321 e. The number of piperidine rings is 1. The molecule has 0 spiro atoms. The lowest BCUT2D eigenvalue weighted by molar-refractivity contribution is 0.0705. The van der Waals surface area contributed by atoms with Gasteiger partial charge in [-0.25, -0.2) is 15.0 Å². The maximum absolute atomic E-state index is 13.3. The monoisotopic (exact) mass is 467 g/mol. The number of carbonyl (C=O) groups excluding carboxylic acids is 1. The number of aryl methyl sites for hydroxylation is 1. The predicted octanol–water partition coefficient (Wildman–Crippen LogP) is 5.18. The molecule has 35 heavy (non-hydrogen) atoms. The number of nitrogens with zero attached hydrogens (tertiary/aromatic N) is 5. The third kappa shape index (κ3) is 5.43. The Kier molecular flexibility index (Phi) is 6.61. The minimum Gasteiger partial charge on any atom is -0.437 e. The molecule has 8 heteroatoms. The fraction of sp³-hybridized carbons (Fsp3) is 0.222. The Morgan fingerprint density at radius 1 is 1.00 bits per heavy atom. The van der Waals surface area contributed by atoms with Crippen LogP contribution in [-0.4, -0.2) is 43.8 Å². The fourth-order valence-corrected chi connectivity index (χ4v) is 4.11. The third-order valence-corrected chi connectivity index (χ3v) is 5.90. The molecule has 1 amide bonds. The van der Waals surface area contributed by atoms with Crippen molar-refractivity contribution in [3.05, 3.63) is 96.2 Å². The van der Waals surface area contributed by atoms with Crippen molar-refractivity contribution in [3.63, 3.8) is 0 Å². The predicted molar refractivity (Wildman–Crippen MR) is 130 cm³/mol. The summed E-state index contributed by atoms with van der Waals surface area (Å²) in [5.74, 6) is 1.75. The lowest BCUT2D eigenvalue weighted by Gasteiger charge is -2.32. The molecule has 176 valence electrons. The molecule has 1 saturated heterocycles. The van der Waals surface area contributed by atoms with E-state index in [1.807, 2.05) is 36.1 Å². The molecule has 0 aliphatic carbocycles. The van der Waals surface area contributed by atoms with E-state index < -0.39 is 0 Å². The van der Waals surface area contributed by atoms with Crippen LogP contribution in [0.15, 0.2) is 79.4 Å². The third-order valence-electron chi connectivity index (χ3n) is 5.90. The lowest BCUT2D eigenvalue weighted by Crippen LogP contribution is -2.39. The SMILES string of the molecule is Cc1ccccc1Oc1cncc(C2CCCN(C(=O)c3cccc(Oc4ncccn4)c3)C2)n1. The number of hydrogen-bond acceptors (Lipinski definition) is 7. The van der Waals surface area contributed by atoms with E-state index in [-0.39, 0.29) is 17.8 Å². The van der Waals surface area contributed by atoms with Crippen LogP contribution in [0.5, 0.6) is 23.4 Å². The summed E-state index contributed by atoms with van der Waals surface area (Å²) in [6.45, 7) is 3.24. The molecule has 1 unspecified atom stereocenters. The van der Waals surface area contributed by atoms with Crippen molar-refractivity contribution in [3.8, 4) is 23.4 Å². The second-order valence-electron chi connectivity index (χ2n) is 8.40. The Morgan fingerprint density at radius 3 is 2.71 bits per heavy atom. The first-order valence-corrected chi connectivity index (χ1v) is 11.6. The van der Waals surface area contributed by atoms with Crippen molar-refractivity contribution >= 4 is 5.91 Å². The van der Waals surface area contributed by atoms with Gasteiger partial charge in [0, 0.05) is 43.2 Å². The van der Waals surface area contributed by atoms with Crippen LogP contribution < -0.4 is 9.47 Å². The summed E-state index contributed by atoms with van der Waals surface area (Å²) in [5, 5.41) is 0. The second kappa shape index (κ2) is 10.3. The Labute approximate surface area is 203 Å². The van der Waals surface area contributed by atoms with Crippen molar-refractivity contribution < 1.29 is 14.3 Å². The van der Waals surface area contributed by atoms with Crippen LogP contribution in [0, 0.1) is 6.92 Å². The Balaban J connectivity index is 1.28. The average Bonchev–Trinajstić information content (AvgIpc) is 2.91. The highest BCUT2D eigenvalue weighted by Crippen LogP contribution is 2.29. The Morgan fingerprint density at radius 2 is 1.86 bits per heavy atom. The van der Waals surface area contributed by atoms with Gasteiger partial charge >= 0.3 is 6.01 Å². The molecule has 2 aromatic carbocycles. The molecule has 5 rings (SSSR count). The molecular weight excluding hydrogens is 442 g/mol. The smallest absolute Gasteiger partial charge is 0.321 e. The summed E-state index contributed by atoms with van der Waals surface area (Å²) in [6.07, 6.45) is 8.40. The zero-order chi connectivity index (χ0) is 24.0. The summed E-state index contributed by atoms with van der Waals surface area (Å²) in [7, 11) is 0. The first kappa shape index (κ1) is 22.5. The summed E-state index contributed by atoms with van der Waals surface area (Å²) < 4.78 is 11.7. The van der Waals surface area contributed by atoms with Crippen LogP contribution in [0.25, 0.3) is 0 Å². The Hall–Kier alpha value is -4.33. The molecule has 0 N–H and O–H groups in total. The van der Waals surface area contributed by atoms with Crippen LogP contribution >= 0.6 is 0 Å². The minimum absolute atomic E-state index is 0.0468. The van der Waals surface area contributed by atoms with Crippen molar-refractivity contribution in [2.45, 2.75) is 25.7 Å². The highest BCUT2D eigenvalue weighted by atomic mass is 16.5. The lowest BCUT2D eigenvalue weighted by atomic mass is 9.94. The number of likely N-dealkylation sites (tertiary alicyclic amines) is 1. The molecule has 4 aromatic rings. The number of carbonyl (C=O) groups is 1. The van der Waals surface area contributed by atoms with Gasteiger partial charge in [0.15, 0.2) is 0 Å². The Bertz CT molecular complexity index is 1310. The van der Waals surface area contributed by atoms with Gasteiger partial charge in [-0.05, 0) is 55.7 Å². The van der Waals surface area contributed by atoms with Crippen LogP contribution in [0.3, 0.4) is 0 Å². The molecule has 1 fully saturated rings. The molecule has 3 heterocycles. The topological polar surface area (TPSA) is 90.3 Å². The normalized spacial score (nSPS) is 15.5. The van der Waals surface area contributed by atoms with Gasteiger partial charge in [0.05, 0.1) is 11.9 Å². The van der Waals surface area contributed by atoms with Crippen LogP contribution in [0.1, 0.15) is 40.4 Å². The van der Waals surface area contributed by atoms with Gasteiger partial charge in [0.25, 0.3) is 5.91 Å². The molecule has 0 bridgehead atoms. The average molecular weight is 468 g/mol. The summed E-state index contributed by atoms with van der Waals surface area (Å²) in [6, 6.07) is 16.8. The van der Waals surface area contributed by atoms with Gasteiger partial charge in [0.2, 0.25) is 5.88 Å². The number of amides is 1. The molecule has 8 nitrogen and oxygen atoms in total. The molecular formula is C27H25N5O3. The van der Waals surface area contributed by atoms with Crippen molar-refractivity contribution in [1.82, 2.24) is 24.8 Å². The number of para-hydroxylation sites is 1. The van der Waals surface area contributed by atoms with Crippen molar-refractivity contribution in [1.29, 1.82) is 0 Å². The van der Waals surface area contributed by atoms with E-state index in [0.717, 1.165) is 29.8 Å². The standard InChI is InChI=1S/C27H25N5O3/c1-19-7-2-3-11-24(19)35-25-17-28-16-23(31-25)21-9-5-14-32(18-21)26(33)20-8-4-10-22(15-20)34-27-29-12-6-13-30-27/h2-4,6-8,10-13,15-17,21H,5,9,14,18H2,1H3. The highest BCUT2D eigenvalue weighted by Gasteiger charge is 2.27. The van der Waals surface area contributed by atoms with Crippen LogP contribution in [0.4, 0.5) is 0 Å². The summed E-state index contributed by atoms with van der Waals surface area (Å²) in [4.78, 5) is 32.4. The maximum atomic E-state index is 13.3. The number of ether oxygens (including phenoxy) is 2. The van der Waals surface area contributed by atoms with E-state index in [1.165, 1.54) is 0 Å². The zero-order valence-electron chi connectivity index (χ0n) is 19.4. The van der Waals surface area contributed by atoms with Gasteiger partial charge < -0.3 is 14.4 Å². The van der Waals surface area contributed by atoms with Gasteiger partial charge in [-0.1, -0.05) is 24.3 Å². The van der Waals surface area contributed by atoms with E-state index >= 15 is 0 Å². The van der Waals surface area contributed by atoms with E-state index in [1.54, 1.807) is 55.1 Å². The van der Waals surface area contributed by atoms with E-state index in [2.05, 4.69) is 15.0 Å². The van der Waals surface area contributed by atoms with Gasteiger partial charge in [-0.2, -0.15) is 0 Å². The van der Waals surface area contributed by atoms with Crippen LogP contribution in [0.2, 0.25) is 0 Å². The van der Waals surface area contributed by atoms with Crippen molar-refractivity contribution in [2.24, 2.45) is 0 Å². The van der Waals surface area contributed by atoms with Gasteiger partial charge in [-0.3, -0.25) is 9.78 Å².